The van der Waals surface area contributed by atoms with E-state index < -0.39 is 16.1 Å². The summed E-state index contributed by atoms with van der Waals surface area (Å²) in [6.07, 6.45) is 0.232. The number of rotatable bonds is 10. The van der Waals surface area contributed by atoms with E-state index in [4.69, 9.17) is 4.74 Å². The first kappa shape index (κ1) is 28.7. The van der Waals surface area contributed by atoms with Crippen LogP contribution in [-0.2, 0) is 21.2 Å². The zero-order chi connectivity index (χ0) is 28.8. The Hall–Kier alpha value is -3.86. The number of ether oxygens (including phenoxy) is 1. The van der Waals surface area contributed by atoms with Crippen molar-refractivity contribution in [2.24, 2.45) is 0 Å². The zero-order valence-corrected chi connectivity index (χ0v) is 24.8. The van der Waals surface area contributed by atoms with Crippen LogP contribution in [0.4, 0.5) is 17.1 Å². The SMILES string of the molecule is COc1ccccc1N1CCN(c2ccc(NC(=O)Cc3cccs3)cc2S(=O)(=O)NC(C)c2ccccc2)CC1. The highest BCUT2D eigenvalue weighted by molar-refractivity contribution is 7.89. The Labute approximate surface area is 245 Å². The van der Waals surface area contributed by atoms with Crippen molar-refractivity contribution < 1.29 is 17.9 Å². The minimum Gasteiger partial charge on any atom is -0.495 e. The number of benzene rings is 3. The number of nitrogens with one attached hydrogen (secondary N) is 2. The van der Waals surface area contributed by atoms with Crippen molar-refractivity contribution in [1.82, 2.24) is 4.72 Å². The molecular weight excluding hydrogens is 556 g/mol. The molecule has 8 nitrogen and oxygen atoms in total. The van der Waals surface area contributed by atoms with Crippen molar-refractivity contribution in [1.29, 1.82) is 0 Å². The molecule has 1 fully saturated rings. The summed E-state index contributed by atoms with van der Waals surface area (Å²) < 4.78 is 36.1. The van der Waals surface area contributed by atoms with Crippen molar-refractivity contribution in [3.8, 4) is 5.75 Å². The average Bonchev–Trinajstić information content (AvgIpc) is 3.50. The van der Waals surface area contributed by atoms with Gasteiger partial charge in [0.15, 0.2) is 0 Å². The van der Waals surface area contributed by atoms with Crippen molar-refractivity contribution in [3.05, 3.63) is 101 Å². The van der Waals surface area contributed by atoms with Gasteiger partial charge in [0.1, 0.15) is 10.6 Å². The number of methoxy groups -OCH3 is 1. The Kier molecular flexibility index (Phi) is 8.92. The highest BCUT2D eigenvalue weighted by atomic mass is 32.2. The lowest BCUT2D eigenvalue weighted by Gasteiger charge is -2.38. The molecule has 1 unspecified atom stereocenters. The first-order chi connectivity index (χ1) is 19.8. The Morgan fingerprint density at radius 3 is 2.27 bits per heavy atom. The maximum atomic E-state index is 13.9. The summed E-state index contributed by atoms with van der Waals surface area (Å²) in [6, 6.07) is 25.9. The largest absolute Gasteiger partial charge is 0.495 e. The van der Waals surface area contributed by atoms with Crippen LogP contribution < -0.4 is 24.6 Å². The summed E-state index contributed by atoms with van der Waals surface area (Å²) in [7, 11) is -2.28. The van der Waals surface area contributed by atoms with Gasteiger partial charge in [-0.15, -0.1) is 11.3 Å². The summed E-state index contributed by atoms with van der Waals surface area (Å²) in [6.45, 7) is 4.48. The first-order valence-corrected chi connectivity index (χ1v) is 15.9. The molecule has 0 bridgehead atoms. The lowest BCUT2D eigenvalue weighted by atomic mass is 10.1. The molecule has 1 aliphatic rings. The molecule has 41 heavy (non-hydrogen) atoms. The van der Waals surface area contributed by atoms with E-state index in [9.17, 15) is 13.2 Å². The van der Waals surface area contributed by atoms with E-state index in [1.807, 2.05) is 79.0 Å². The molecule has 4 aromatic rings. The highest BCUT2D eigenvalue weighted by Gasteiger charge is 2.28. The molecule has 214 valence electrons. The number of carbonyl (C=O) groups is 1. The number of para-hydroxylation sites is 2. The van der Waals surface area contributed by atoms with E-state index in [-0.39, 0.29) is 17.2 Å². The third-order valence-corrected chi connectivity index (χ3v) is 9.57. The number of anilines is 3. The second-order valence-corrected chi connectivity index (χ2v) is 12.6. The van der Waals surface area contributed by atoms with E-state index in [0.29, 0.717) is 37.6 Å². The minimum absolute atomic E-state index is 0.139. The van der Waals surface area contributed by atoms with Gasteiger partial charge in [-0.1, -0.05) is 48.5 Å². The fraction of sp³-hybridized carbons (Fsp3) is 0.258. The number of piperazine rings is 1. The van der Waals surface area contributed by atoms with Crippen LogP contribution in [0, 0.1) is 0 Å². The van der Waals surface area contributed by atoms with Gasteiger partial charge in [0.25, 0.3) is 0 Å². The molecule has 3 aromatic carbocycles. The number of amides is 1. The van der Waals surface area contributed by atoms with Crippen LogP contribution in [-0.4, -0.2) is 47.6 Å². The third-order valence-electron chi connectivity index (χ3n) is 7.13. The van der Waals surface area contributed by atoms with Crippen LogP contribution in [0.15, 0.2) is 95.2 Å². The maximum absolute atomic E-state index is 13.9. The van der Waals surface area contributed by atoms with Gasteiger partial charge in [0.2, 0.25) is 15.9 Å². The Morgan fingerprint density at radius 1 is 0.902 bits per heavy atom. The molecule has 1 amide bonds. The maximum Gasteiger partial charge on any atom is 0.243 e. The van der Waals surface area contributed by atoms with Gasteiger partial charge < -0.3 is 19.9 Å². The fourth-order valence-electron chi connectivity index (χ4n) is 5.03. The van der Waals surface area contributed by atoms with Gasteiger partial charge in [-0.2, -0.15) is 0 Å². The van der Waals surface area contributed by atoms with E-state index >= 15 is 0 Å². The molecule has 10 heteroatoms. The fourth-order valence-corrected chi connectivity index (χ4v) is 7.22. The van der Waals surface area contributed by atoms with E-state index in [1.165, 1.54) is 11.3 Å². The van der Waals surface area contributed by atoms with Crippen molar-refractivity contribution >= 4 is 44.3 Å². The predicted octanol–water partition coefficient (Wildman–Crippen LogP) is 5.30. The quantitative estimate of drug-likeness (QED) is 0.260. The summed E-state index contributed by atoms with van der Waals surface area (Å²) >= 11 is 1.51. The first-order valence-electron chi connectivity index (χ1n) is 13.5. The second-order valence-electron chi connectivity index (χ2n) is 9.89. The standard InChI is InChI=1S/C31H34N4O4S2/c1-23(24-9-4-3-5-10-24)33-41(37,38)30-21-25(32-31(36)22-26-11-8-20-40-26)14-15-28(30)35-18-16-34(17-19-35)27-12-6-7-13-29(27)39-2/h3-15,20-21,23,33H,16-19,22H2,1-2H3,(H,32,36). The molecule has 0 saturated carbocycles. The summed E-state index contributed by atoms with van der Waals surface area (Å²) in [5.74, 6) is 0.616. The van der Waals surface area contributed by atoms with Crippen LogP contribution in [0.3, 0.4) is 0 Å². The Bertz CT molecular complexity index is 1570. The summed E-state index contributed by atoms with van der Waals surface area (Å²) in [5, 5.41) is 4.81. The molecule has 1 aromatic heterocycles. The van der Waals surface area contributed by atoms with E-state index in [1.54, 1.807) is 25.3 Å². The molecule has 0 radical (unpaired) electrons. The number of hydrogen-bond acceptors (Lipinski definition) is 7. The molecule has 5 rings (SSSR count). The van der Waals surface area contributed by atoms with Gasteiger partial charge in [0, 0.05) is 42.8 Å². The predicted molar refractivity (Wildman–Crippen MR) is 166 cm³/mol. The van der Waals surface area contributed by atoms with E-state index in [0.717, 1.165) is 21.9 Å². The van der Waals surface area contributed by atoms with Crippen molar-refractivity contribution in [2.75, 3.05) is 48.4 Å². The number of thiophene rings is 1. The Morgan fingerprint density at radius 2 is 1.59 bits per heavy atom. The molecule has 1 saturated heterocycles. The number of carbonyl (C=O) groups excluding carboxylic acids is 1. The normalized spacial score (nSPS) is 14.5. The van der Waals surface area contributed by atoms with Gasteiger partial charge in [-0.05, 0) is 54.3 Å². The topological polar surface area (TPSA) is 91.0 Å². The zero-order valence-electron chi connectivity index (χ0n) is 23.1. The number of sulfonamides is 1. The average molecular weight is 591 g/mol. The molecule has 0 aliphatic carbocycles. The molecule has 2 heterocycles. The van der Waals surface area contributed by atoms with Gasteiger partial charge in [-0.25, -0.2) is 13.1 Å². The number of nitrogens with zero attached hydrogens (tertiary/aromatic N) is 2. The van der Waals surface area contributed by atoms with Crippen molar-refractivity contribution in [2.45, 2.75) is 24.3 Å². The van der Waals surface area contributed by atoms with Crippen LogP contribution in [0.5, 0.6) is 5.75 Å². The third kappa shape index (κ3) is 6.90. The van der Waals surface area contributed by atoms with Crippen LogP contribution in [0.1, 0.15) is 23.4 Å². The van der Waals surface area contributed by atoms with Crippen LogP contribution >= 0.6 is 11.3 Å². The highest BCUT2D eigenvalue weighted by Crippen LogP contribution is 2.33. The van der Waals surface area contributed by atoms with Crippen LogP contribution in [0.2, 0.25) is 0 Å². The minimum atomic E-state index is -3.95. The molecular formula is C31H34N4O4S2. The number of hydrogen-bond donors (Lipinski definition) is 2. The van der Waals surface area contributed by atoms with Gasteiger partial charge in [0.05, 0.1) is 24.9 Å². The second kappa shape index (κ2) is 12.8. The molecule has 1 aliphatic heterocycles. The van der Waals surface area contributed by atoms with Gasteiger partial charge >= 0.3 is 0 Å². The summed E-state index contributed by atoms with van der Waals surface area (Å²) in [5.41, 5.74) is 2.93. The smallest absolute Gasteiger partial charge is 0.243 e. The molecule has 1 atom stereocenters. The molecule has 0 spiro atoms. The van der Waals surface area contributed by atoms with E-state index in [2.05, 4.69) is 19.8 Å². The van der Waals surface area contributed by atoms with Gasteiger partial charge in [-0.3, -0.25) is 4.79 Å². The Balaban J connectivity index is 1.40. The summed E-state index contributed by atoms with van der Waals surface area (Å²) in [4.78, 5) is 18.1. The lowest BCUT2D eigenvalue weighted by Crippen LogP contribution is -2.47. The monoisotopic (exact) mass is 590 g/mol. The molecule has 2 N–H and O–H groups in total. The lowest BCUT2D eigenvalue weighted by molar-refractivity contribution is -0.115. The van der Waals surface area contributed by atoms with Crippen LogP contribution in [0.25, 0.3) is 0 Å². The van der Waals surface area contributed by atoms with Crippen molar-refractivity contribution in [3.63, 3.8) is 0 Å².